The summed E-state index contributed by atoms with van der Waals surface area (Å²) in [5, 5.41) is 2.75. The fraction of sp³-hybridized carbons (Fsp3) is 0.909. The van der Waals surface area contributed by atoms with E-state index in [9.17, 15) is 18.0 Å². The molecule has 3 nitrogen and oxygen atoms in total. The zero-order chi connectivity index (χ0) is 12.5. The predicted octanol–water partition coefficient (Wildman–Crippen LogP) is 1.40. The average molecular weight is 250 g/mol. The zero-order valence-electron chi connectivity index (χ0n) is 9.59. The van der Waals surface area contributed by atoms with E-state index in [4.69, 9.17) is 0 Å². The third-order valence-electron chi connectivity index (χ3n) is 3.63. The third-order valence-corrected chi connectivity index (χ3v) is 3.63. The van der Waals surface area contributed by atoms with Crippen LogP contribution in [0.3, 0.4) is 0 Å². The topological polar surface area (TPSA) is 32.3 Å². The monoisotopic (exact) mass is 250 g/mol. The van der Waals surface area contributed by atoms with E-state index in [1.54, 1.807) is 0 Å². The number of piperidine rings is 1. The van der Waals surface area contributed by atoms with Gasteiger partial charge >= 0.3 is 6.18 Å². The second kappa shape index (κ2) is 4.84. The fourth-order valence-electron chi connectivity index (χ4n) is 2.60. The Morgan fingerprint density at radius 1 is 1.29 bits per heavy atom. The molecule has 2 heterocycles. The van der Waals surface area contributed by atoms with Gasteiger partial charge in [0.1, 0.15) is 0 Å². The van der Waals surface area contributed by atoms with Crippen molar-refractivity contribution in [1.82, 2.24) is 10.2 Å². The Morgan fingerprint density at radius 3 is 2.41 bits per heavy atom. The van der Waals surface area contributed by atoms with Gasteiger partial charge < -0.3 is 10.2 Å². The van der Waals surface area contributed by atoms with Gasteiger partial charge in [-0.05, 0) is 31.8 Å². The molecule has 0 bridgehead atoms. The van der Waals surface area contributed by atoms with Crippen LogP contribution in [0.15, 0.2) is 0 Å². The lowest BCUT2D eigenvalue weighted by Gasteiger charge is -2.33. The normalized spacial score (nSPS) is 28.4. The molecule has 0 aromatic heterocycles. The van der Waals surface area contributed by atoms with Crippen molar-refractivity contribution in [3.05, 3.63) is 0 Å². The first-order valence-corrected chi connectivity index (χ1v) is 6.01. The summed E-state index contributed by atoms with van der Waals surface area (Å²) in [6, 6.07) is 0. The first-order valence-electron chi connectivity index (χ1n) is 6.01. The molecule has 1 atom stereocenters. The molecule has 0 spiro atoms. The Hall–Kier alpha value is -0.780. The van der Waals surface area contributed by atoms with E-state index in [-0.39, 0.29) is 24.7 Å². The van der Waals surface area contributed by atoms with Crippen LogP contribution in [-0.2, 0) is 4.79 Å². The van der Waals surface area contributed by atoms with Gasteiger partial charge in [-0.15, -0.1) is 0 Å². The minimum absolute atomic E-state index is 0.0557. The molecular formula is C11H17F3N2O. The number of nitrogens with one attached hydrogen (secondary N) is 1. The Bertz CT molecular complexity index is 285. The Kier molecular flexibility index (Phi) is 3.61. The first-order chi connectivity index (χ1) is 7.95. The molecular weight excluding hydrogens is 233 g/mol. The van der Waals surface area contributed by atoms with E-state index in [2.05, 4.69) is 5.32 Å². The van der Waals surface area contributed by atoms with Crippen LogP contribution < -0.4 is 5.32 Å². The maximum absolute atomic E-state index is 12.5. The minimum atomic E-state index is -4.04. The number of carbonyl (C=O) groups is 1. The molecule has 2 aliphatic heterocycles. The van der Waals surface area contributed by atoms with Crippen molar-refractivity contribution in [3.63, 3.8) is 0 Å². The van der Waals surface area contributed by atoms with Crippen LogP contribution >= 0.6 is 0 Å². The molecule has 1 N–H and O–H groups in total. The highest BCUT2D eigenvalue weighted by Gasteiger charge is 2.41. The van der Waals surface area contributed by atoms with Gasteiger partial charge in [-0.3, -0.25) is 4.79 Å². The molecule has 2 saturated heterocycles. The van der Waals surface area contributed by atoms with E-state index in [1.807, 2.05) is 4.90 Å². The predicted molar refractivity (Wildman–Crippen MR) is 56.3 cm³/mol. The first kappa shape index (κ1) is 12.7. The van der Waals surface area contributed by atoms with Gasteiger partial charge in [-0.25, -0.2) is 0 Å². The zero-order valence-corrected chi connectivity index (χ0v) is 9.59. The molecule has 98 valence electrons. The van der Waals surface area contributed by atoms with Gasteiger partial charge in [0, 0.05) is 19.5 Å². The second-order valence-corrected chi connectivity index (χ2v) is 4.99. The van der Waals surface area contributed by atoms with Crippen molar-refractivity contribution in [2.24, 2.45) is 11.8 Å². The molecule has 0 radical (unpaired) electrons. The number of rotatable bonds is 2. The molecule has 2 aliphatic rings. The SMILES string of the molecule is O=C1CC(CN2CCC(C(F)(F)F)CC2)CN1. The number of amides is 1. The molecule has 2 rings (SSSR count). The van der Waals surface area contributed by atoms with Crippen molar-refractivity contribution >= 4 is 5.91 Å². The Balaban J connectivity index is 1.74. The van der Waals surface area contributed by atoms with Crippen molar-refractivity contribution in [2.75, 3.05) is 26.2 Å². The number of nitrogens with zero attached hydrogens (tertiary/aromatic N) is 1. The van der Waals surface area contributed by atoms with E-state index in [0.29, 0.717) is 26.1 Å². The molecule has 0 saturated carbocycles. The minimum Gasteiger partial charge on any atom is -0.356 e. The molecule has 1 amide bonds. The van der Waals surface area contributed by atoms with Gasteiger partial charge in [0.25, 0.3) is 0 Å². The van der Waals surface area contributed by atoms with Gasteiger partial charge in [0.2, 0.25) is 5.91 Å². The smallest absolute Gasteiger partial charge is 0.356 e. The maximum atomic E-state index is 12.5. The van der Waals surface area contributed by atoms with Crippen molar-refractivity contribution in [3.8, 4) is 0 Å². The number of carbonyl (C=O) groups excluding carboxylic acids is 1. The van der Waals surface area contributed by atoms with Gasteiger partial charge in [0.15, 0.2) is 0 Å². The van der Waals surface area contributed by atoms with Crippen molar-refractivity contribution < 1.29 is 18.0 Å². The summed E-state index contributed by atoms with van der Waals surface area (Å²) in [7, 11) is 0. The van der Waals surface area contributed by atoms with Crippen molar-refractivity contribution in [2.45, 2.75) is 25.4 Å². The Labute approximate surface area is 98.3 Å². The van der Waals surface area contributed by atoms with Crippen LogP contribution in [-0.4, -0.2) is 43.2 Å². The maximum Gasteiger partial charge on any atom is 0.391 e. The van der Waals surface area contributed by atoms with Gasteiger partial charge in [-0.1, -0.05) is 0 Å². The summed E-state index contributed by atoms with van der Waals surface area (Å²) in [5.74, 6) is -0.813. The highest BCUT2D eigenvalue weighted by molar-refractivity contribution is 5.78. The second-order valence-electron chi connectivity index (χ2n) is 4.99. The van der Waals surface area contributed by atoms with Crippen LogP contribution in [0.25, 0.3) is 0 Å². The number of halogens is 3. The number of alkyl halides is 3. The highest BCUT2D eigenvalue weighted by Crippen LogP contribution is 2.34. The van der Waals surface area contributed by atoms with Crippen LogP contribution in [0, 0.1) is 11.8 Å². The van der Waals surface area contributed by atoms with Crippen LogP contribution in [0.1, 0.15) is 19.3 Å². The average Bonchev–Trinajstić information content (AvgIpc) is 2.63. The Morgan fingerprint density at radius 2 is 1.94 bits per heavy atom. The summed E-state index contributed by atoms with van der Waals surface area (Å²) in [6.45, 7) is 2.39. The lowest BCUT2D eigenvalue weighted by molar-refractivity contribution is -0.185. The third kappa shape index (κ3) is 3.34. The van der Waals surface area contributed by atoms with Gasteiger partial charge in [0.05, 0.1) is 5.92 Å². The van der Waals surface area contributed by atoms with E-state index >= 15 is 0 Å². The molecule has 1 unspecified atom stereocenters. The lowest BCUT2D eigenvalue weighted by atomic mass is 9.95. The molecule has 0 aliphatic carbocycles. The van der Waals surface area contributed by atoms with Crippen LogP contribution in [0.2, 0.25) is 0 Å². The summed E-state index contributed by atoms with van der Waals surface area (Å²) in [4.78, 5) is 13.0. The van der Waals surface area contributed by atoms with Crippen LogP contribution in [0.4, 0.5) is 13.2 Å². The summed E-state index contributed by atoms with van der Waals surface area (Å²) in [5.41, 5.74) is 0. The summed E-state index contributed by atoms with van der Waals surface area (Å²) in [6.07, 6.45) is -3.15. The largest absolute Gasteiger partial charge is 0.391 e. The number of hydrogen-bond donors (Lipinski definition) is 1. The molecule has 0 aromatic carbocycles. The van der Waals surface area contributed by atoms with E-state index in [1.165, 1.54) is 0 Å². The van der Waals surface area contributed by atoms with E-state index < -0.39 is 12.1 Å². The van der Waals surface area contributed by atoms with Crippen molar-refractivity contribution in [1.29, 1.82) is 0 Å². The number of hydrogen-bond acceptors (Lipinski definition) is 2. The summed E-state index contributed by atoms with van der Waals surface area (Å²) >= 11 is 0. The summed E-state index contributed by atoms with van der Waals surface area (Å²) < 4.78 is 37.4. The molecule has 2 fully saturated rings. The van der Waals surface area contributed by atoms with Crippen LogP contribution in [0.5, 0.6) is 0 Å². The molecule has 0 aromatic rings. The van der Waals surface area contributed by atoms with Gasteiger partial charge in [-0.2, -0.15) is 13.2 Å². The lowest BCUT2D eigenvalue weighted by Crippen LogP contribution is -2.41. The molecule has 17 heavy (non-hydrogen) atoms. The highest BCUT2D eigenvalue weighted by atomic mass is 19.4. The fourth-order valence-corrected chi connectivity index (χ4v) is 2.60. The van der Waals surface area contributed by atoms with E-state index in [0.717, 1.165) is 6.54 Å². The molecule has 6 heteroatoms. The standard InChI is InChI=1S/C11H17F3N2O/c12-11(13,14)9-1-3-16(4-2-9)7-8-5-10(17)15-6-8/h8-9H,1-7H2,(H,15,17). The number of likely N-dealkylation sites (tertiary alicyclic amines) is 1. The quantitative estimate of drug-likeness (QED) is 0.803.